The van der Waals surface area contributed by atoms with E-state index >= 15 is 0 Å². The molecule has 1 fully saturated rings. The second-order valence-electron chi connectivity index (χ2n) is 6.48. The molecule has 0 bridgehead atoms. The highest BCUT2D eigenvalue weighted by atomic mass is 32.2. The number of rotatable bonds is 6. The van der Waals surface area contributed by atoms with Crippen molar-refractivity contribution in [3.8, 4) is 0 Å². The van der Waals surface area contributed by atoms with E-state index in [1.54, 1.807) is 30.3 Å². The first-order valence-electron chi connectivity index (χ1n) is 9.35. The number of carbonyl (C=O) groups is 1. The van der Waals surface area contributed by atoms with Crippen molar-refractivity contribution in [3.05, 3.63) is 66.0 Å². The van der Waals surface area contributed by atoms with Crippen molar-refractivity contribution >= 4 is 27.7 Å². The van der Waals surface area contributed by atoms with Gasteiger partial charge in [-0.2, -0.15) is 4.31 Å². The SMILES string of the molecule is CCN(C(=O)/C=C/c1ccc(S(=O)(=O)N2CCOCC2)cc1)c1ccc(F)cc1. The summed E-state index contributed by atoms with van der Waals surface area (Å²) >= 11 is 0. The normalized spacial score (nSPS) is 15.5. The number of benzene rings is 2. The molecular weight excluding hydrogens is 395 g/mol. The minimum atomic E-state index is -3.54. The van der Waals surface area contributed by atoms with Gasteiger partial charge < -0.3 is 9.64 Å². The Kier molecular flexibility index (Phi) is 6.79. The highest BCUT2D eigenvalue weighted by Gasteiger charge is 2.25. The molecular formula is C21H23FN2O4S. The van der Waals surface area contributed by atoms with Crippen LogP contribution in [-0.2, 0) is 19.6 Å². The molecule has 0 N–H and O–H groups in total. The van der Waals surface area contributed by atoms with Crippen LogP contribution in [0.3, 0.4) is 0 Å². The molecule has 0 radical (unpaired) electrons. The molecule has 2 aromatic carbocycles. The van der Waals surface area contributed by atoms with Gasteiger partial charge in [-0.3, -0.25) is 4.79 Å². The number of morpholine rings is 1. The Balaban J connectivity index is 1.70. The molecule has 1 saturated heterocycles. The molecule has 2 aromatic rings. The van der Waals surface area contributed by atoms with E-state index in [-0.39, 0.29) is 16.6 Å². The molecule has 0 unspecified atom stereocenters. The minimum Gasteiger partial charge on any atom is -0.379 e. The van der Waals surface area contributed by atoms with E-state index < -0.39 is 10.0 Å². The third-order valence-electron chi connectivity index (χ3n) is 4.63. The number of sulfonamides is 1. The summed E-state index contributed by atoms with van der Waals surface area (Å²) in [5.41, 5.74) is 1.31. The Labute approximate surface area is 170 Å². The largest absolute Gasteiger partial charge is 0.379 e. The van der Waals surface area contributed by atoms with Crippen molar-refractivity contribution < 1.29 is 22.3 Å². The van der Waals surface area contributed by atoms with Crippen LogP contribution in [0.2, 0.25) is 0 Å². The Bertz CT molecular complexity index is 967. The van der Waals surface area contributed by atoms with Gasteiger partial charge >= 0.3 is 0 Å². The van der Waals surface area contributed by atoms with Crippen molar-refractivity contribution in [1.82, 2.24) is 4.31 Å². The predicted molar refractivity (Wildman–Crippen MR) is 109 cm³/mol. The molecule has 1 aliphatic heterocycles. The van der Waals surface area contributed by atoms with E-state index in [0.717, 1.165) is 0 Å². The quantitative estimate of drug-likeness (QED) is 0.677. The zero-order valence-corrected chi connectivity index (χ0v) is 16.9. The monoisotopic (exact) mass is 418 g/mol. The average Bonchev–Trinajstić information content (AvgIpc) is 2.75. The number of halogens is 1. The zero-order valence-electron chi connectivity index (χ0n) is 16.1. The summed E-state index contributed by atoms with van der Waals surface area (Å²) in [6.45, 7) is 3.74. The number of nitrogens with zero attached hydrogens (tertiary/aromatic N) is 2. The summed E-state index contributed by atoms with van der Waals surface area (Å²) in [6.07, 6.45) is 3.04. The van der Waals surface area contributed by atoms with Crippen LogP contribution in [0.4, 0.5) is 10.1 Å². The van der Waals surface area contributed by atoms with E-state index in [0.29, 0.717) is 44.1 Å². The molecule has 0 aliphatic carbocycles. The summed E-state index contributed by atoms with van der Waals surface area (Å²) in [5.74, 6) is -0.607. The second-order valence-corrected chi connectivity index (χ2v) is 8.42. The highest BCUT2D eigenvalue weighted by Crippen LogP contribution is 2.19. The van der Waals surface area contributed by atoms with Gasteiger partial charge in [0.05, 0.1) is 18.1 Å². The van der Waals surface area contributed by atoms with E-state index in [1.165, 1.54) is 39.5 Å². The molecule has 154 valence electrons. The highest BCUT2D eigenvalue weighted by molar-refractivity contribution is 7.89. The summed E-state index contributed by atoms with van der Waals surface area (Å²) in [5, 5.41) is 0. The van der Waals surface area contributed by atoms with Gasteiger partial charge in [-0.25, -0.2) is 12.8 Å². The number of hydrogen-bond donors (Lipinski definition) is 0. The van der Waals surface area contributed by atoms with Crippen molar-refractivity contribution in [2.45, 2.75) is 11.8 Å². The molecule has 8 heteroatoms. The first-order valence-corrected chi connectivity index (χ1v) is 10.8. The maximum absolute atomic E-state index is 13.1. The Morgan fingerprint density at radius 1 is 1.10 bits per heavy atom. The van der Waals surface area contributed by atoms with Gasteiger partial charge in [0.1, 0.15) is 5.82 Å². The molecule has 29 heavy (non-hydrogen) atoms. The van der Waals surface area contributed by atoms with Crippen LogP contribution in [0.5, 0.6) is 0 Å². The van der Waals surface area contributed by atoms with Gasteiger partial charge in [0.25, 0.3) is 5.91 Å². The van der Waals surface area contributed by atoms with Gasteiger partial charge in [0, 0.05) is 31.4 Å². The molecule has 3 rings (SSSR count). The lowest BCUT2D eigenvalue weighted by atomic mass is 10.2. The average molecular weight is 418 g/mol. The number of ether oxygens (including phenoxy) is 1. The first kappa shape index (κ1) is 21.2. The van der Waals surface area contributed by atoms with Gasteiger partial charge in [-0.1, -0.05) is 12.1 Å². The smallest absolute Gasteiger partial charge is 0.250 e. The number of carbonyl (C=O) groups excluding carboxylic acids is 1. The summed E-state index contributed by atoms with van der Waals surface area (Å²) < 4.78 is 45.0. The van der Waals surface area contributed by atoms with Crippen molar-refractivity contribution in [3.63, 3.8) is 0 Å². The second kappa shape index (κ2) is 9.30. The molecule has 1 amide bonds. The van der Waals surface area contributed by atoms with E-state index in [9.17, 15) is 17.6 Å². The van der Waals surface area contributed by atoms with Crippen LogP contribution in [0.15, 0.2) is 59.5 Å². The molecule has 0 atom stereocenters. The fraction of sp³-hybridized carbons (Fsp3) is 0.286. The van der Waals surface area contributed by atoms with Crippen LogP contribution < -0.4 is 4.90 Å². The van der Waals surface area contributed by atoms with E-state index in [4.69, 9.17) is 4.74 Å². The van der Waals surface area contributed by atoms with Crippen LogP contribution in [-0.4, -0.2) is 51.5 Å². The lowest BCUT2D eigenvalue weighted by molar-refractivity contribution is -0.114. The van der Waals surface area contributed by atoms with Crippen LogP contribution in [0.1, 0.15) is 12.5 Å². The topological polar surface area (TPSA) is 66.9 Å². The summed E-state index contributed by atoms with van der Waals surface area (Å²) in [4.78, 5) is 14.2. The maximum Gasteiger partial charge on any atom is 0.250 e. The lowest BCUT2D eigenvalue weighted by Crippen LogP contribution is -2.40. The first-order chi connectivity index (χ1) is 13.9. The third-order valence-corrected chi connectivity index (χ3v) is 6.54. The van der Waals surface area contributed by atoms with Gasteiger partial charge in [0.15, 0.2) is 0 Å². The zero-order chi connectivity index (χ0) is 20.9. The van der Waals surface area contributed by atoms with Crippen molar-refractivity contribution in [2.24, 2.45) is 0 Å². The van der Waals surface area contributed by atoms with E-state index in [1.807, 2.05) is 6.92 Å². The van der Waals surface area contributed by atoms with Crippen LogP contribution in [0.25, 0.3) is 6.08 Å². The number of amides is 1. The van der Waals surface area contributed by atoms with Crippen molar-refractivity contribution in [1.29, 1.82) is 0 Å². The Hall–Kier alpha value is -2.55. The fourth-order valence-electron chi connectivity index (χ4n) is 3.03. The number of anilines is 1. The summed E-state index contributed by atoms with van der Waals surface area (Å²) in [6, 6.07) is 12.1. The Morgan fingerprint density at radius 2 is 1.72 bits per heavy atom. The van der Waals surface area contributed by atoms with Crippen molar-refractivity contribution in [2.75, 3.05) is 37.7 Å². The fourth-order valence-corrected chi connectivity index (χ4v) is 4.44. The number of likely N-dealkylation sites (N-methyl/N-ethyl adjacent to an activating group) is 1. The molecule has 1 heterocycles. The van der Waals surface area contributed by atoms with Gasteiger partial charge in [-0.15, -0.1) is 0 Å². The lowest BCUT2D eigenvalue weighted by Gasteiger charge is -2.26. The van der Waals surface area contributed by atoms with Crippen LogP contribution in [0, 0.1) is 5.82 Å². The third kappa shape index (κ3) is 5.09. The molecule has 0 saturated carbocycles. The molecule has 1 aliphatic rings. The van der Waals surface area contributed by atoms with Gasteiger partial charge in [0.2, 0.25) is 10.0 Å². The van der Waals surface area contributed by atoms with Crippen LogP contribution >= 0.6 is 0 Å². The molecule has 6 nitrogen and oxygen atoms in total. The predicted octanol–water partition coefficient (Wildman–Crippen LogP) is 2.91. The molecule has 0 spiro atoms. The standard InChI is InChI=1S/C21H23FN2O4S/c1-2-24(19-8-6-18(22)7-9-19)21(25)12-5-17-3-10-20(11-4-17)29(26,27)23-13-15-28-16-14-23/h3-12H,2,13-16H2,1H3/b12-5+. The maximum atomic E-state index is 13.1. The Morgan fingerprint density at radius 3 is 2.31 bits per heavy atom. The summed E-state index contributed by atoms with van der Waals surface area (Å²) in [7, 11) is -3.54. The minimum absolute atomic E-state index is 0.212. The number of hydrogen-bond acceptors (Lipinski definition) is 4. The van der Waals surface area contributed by atoms with E-state index in [2.05, 4.69) is 0 Å². The molecule has 0 aromatic heterocycles. The van der Waals surface area contributed by atoms with Gasteiger partial charge in [-0.05, 0) is 55.0 Å².